The summed E-state index contributed by atoms with van der Waals surface area (Å²) in [6.07, 6.45) is 3.77. The average Bonchev–Trinajstić information content (AvgIpc) is 3.51. The van der Waals surface area contributed by atoms with E-state index >= 15 is 0 Å². The Morgan fingerprint density at radius 1 is 1.07 bits per heavy atom. The maximum absolute atomic E-state index is 13.2. The number of amides is 1. The molecule has 1 aliphatic carbocycles. The van der Waals surface area contributed by atoms with E-state index in [1.54, 1.807) is 38.3 Å². The summed E-state index contributed by atoms with van der Waals surface area (Å²) in [5.74, 6) is 0.0636. The van der Waals surface area contributed by atoms with E-state index in [9.17, 15) is 13.2 Å². The number of rotatable bonds is 8. The molecule has 208 valence electrons. The van der Waals surface area contributed by atoms with Crippen molar-refractivity contribution in [2.75, 3.05) is 18.2 Å². The predicted molar refractivity (Wildman–Crippen MR) is 156 cm³/mol. The number of aryl methyl sites for hydroxylation is 1. The molecular weight excluding hydrogens is 528 g/mol. The monoisotopic (exact) mass is 560 g/mol. The topological polar surface area (TPSA) is 141 Å². The van der Waals surface area contributed by atoms with Crippen LogP contribution in [0.15, 0.2) is 71.9 Å². The van der Waals surface area contributed by atoms with Crippen LogP contribution in [0, 0.1) is 0 Å². The molecule has 1 aliphatic rings. The molecular formula is C29H32N6O4S. The van der Waals surface area contributed by atoms with Gasteiger partial charge in [0.2, 0.25) is 10.0 Å². The highest BCUT2D eigenvalue weighted by atomic mass is 32.2. The molecule has 0 bridgehead atoms. The minimum atomic E-state index is -3.74. The van der Waals surface area contributed by atoms with Gasteiger partial charge in [-0.05, 0) is 61.6 Å². The Hall–Kier alpha value is -4.06. The standard InChI is InChI=1S/C29H32N6O4S/c1-17(2)29(36)33-20-12-8-19(9-13-20)26-24(25-27(30)31-16-32-28(25)35(26)3)18-10-14-21(15-11-18)40(37,38)34-22-6-5-7-23(22)39-4/h8-16,22-23,34H,1,5-7H2,2-4H3,(H,33,36)(H2,30,31,32). The Morgan fingerprint density at radius 3 is 2.40 bits per heavy atom. The summed E-state index contributed by atoms with van der Waals surface area (Å²) in [6, 6.07) is 13.9. The number of fused-ring (bicyclic) bond motifs is 1. The molecule has 0 saturated heterocycles. The number of hydrogen-bond donors (Lipinski definition) is 3. The number of sulfonamides is 1. The lowest BCUT2D eigenvalue weighted by molar-refractivity contribution is -0.112. The molecule has 10 nitrogen and oxygen atoms in total. The molecule has 4 aromatic rings. The maximum atomic E-state index is 13.2. The van der Waals surface area contributed by atoms with Crippen LogP contribution in [0.2, 0.25) is 0 Å². The van der Waals surface area contributed by atoms with Crippen LogP contribution in [-0.2, 0) is 26.6 Å². The lowest BCUT2D eigenvalue weighted by Gasteiger charge is -2.19. The maximum Gasteiger partial charge on any atom is 0.250 e. The van der Waals surface area contributed by atoms with E-state index in [0.29, 0.717) is 28.1 Å². The molecule has 0 spiro atoms. The smallest absolute Gasteiger partial charge is 0.250 e. The number of methoxy groups -OCH3 is 1. The summed E-state index contributed by atoms with van der Waals surface area (Å²) in [5.41, 5.74) is 11.2. The minimum absolute atomic E-state index is 0.129. The third kappa shape index (κ3) is 5.10. The second kappa shape index (κ2) is 10.8. The Bertz CT molecular complexity index is 1700. The van der Waals surface area contributed by atoms with Crippen molar-refractivity contribution in [1.82, 2.24) is 19.3 Å². The Kier molecular flexibility index (Phi) is 7.45. The molecule has 1 fully saturated rings. The fourth-order valence-electron chi connectivity index (χ4n) is 5.25. The van der Waals surface area contributed by atoms with Crippen LogP contribution in [0.25, 0.3) is 33.4 Å². The number of nitrogens with zero attached hydrogens (tertiary/aromatic N) is 3. The van der Waals surface area contributed by atoms with Gasteiger partial charge in [-0.2, -0.15) is 0 Å². The quantitative estimate of drug-likeness (QED) is 0.274. The number of benzene rings is 2. The van der Waals surface area contributed by atoms with E-state index < -0.39 is 10.0 Å². The Morgan fingerprint density at radius 2 is 1.75 bits per heavy atom. The molecule has 2 heterocycles. The van der Waals surface area contributed by atoms with Crippen molar-refractivity contribution >= 4 is 38.5 Å². The zero-order chi connectivity index (χ0) is 28.6. The van der Waals surface area contributed by atoms with Crippen molar-refractivity contribution < 1.29 is 17.9 Å². The van der Waals surface area contributed by atoms with Gasteiger partial charge in [0.25, 0.3) is 5.91 Å². The lowest BCUT2D eigenvalue weighted by Crippen LogP contribution is -2.40. The first kappa shape index (κ1) is 27.5. The number of anilines is 2. The van der Waals surface area contributed by atoms with Crippen molar-refractivity contribution in [2.45, 2.75) is 43.2 Å². The second-order valence-electron chi connectivity index (χ2n) is 10.0. The summed E-state index contributed by atoms with van der Waals surface area (Å²) in [7, 11) is -0.244. The highest BCUT2D eigenvalue weighted by Gasteiger charge is 2.31. The van der Waals surface area contributed by atoms with E-state index in [-0.39, 0.29) is 22.9 Å². The molecule has 11 heteroatoms. The van der Waals surface area contributed by atoms with Gasteiger partial charge in [0.05, 0.1) is 22.1 Å². The van der Waals surface area contributed by atoms with Gasteiger partial charge in [-0.25, -0.2) is 23.1 Å². The summed E-state index contributed by atoms with van der Waals surface area (Å²) < 4.78 is 36.5. The van der Waals surface area contributed by atoms with Crippen molar-refractivity contribution in [3.05, 3.63) is 67.0 Å². The zero-order valence-corrected chi connectivity index (χ0v) is 23.5. The molecule has 2 aromatic carbocycles. The SMILES string of the molecule is C=C(C)C(=O)Nc1ccc(-c2c(-c3ccc(S(=O)(=O)NC4CCCC4OC)cc3)c3c(N)ncnc3n2C)cc1. The third-order valence-electron chi connectivity index (χ3n) is 7.32. The molecule has 1 saturated carbocycles. The van der Waals surface area contributed by atoms with Crippen LogP contribution in [0.3, 0.4) is 0 Å². The summed E-state index contributed by atoms with van der Waals surface area (Å²) in [5, 5.41) is 3.48. The van der Waals surface area contributed by atoms with Crippen LogP contribution < -0.4 is 15.8 Å². The van der Waals surface area contributed by atoms with Gasteiger partial charge in [-0.1, -0.05) is 30.8 Å². The van der Waals surface area contributed by atoms with Crippen molar-refractivity contribution in [3.8, 4) is 22.4 Å². The highest BCUT2D eigenvalue weighted by molar-refractivity contribution is 7.89. The molecule has 40 heavy (non-hydrogen) atoms. The van der Waals surface area contributed by atoms with E-state index in [1.807, 2.05) is 35.9 Å². The third-order valence-corrected chi connectivity index (χ3v) is 8.82. The zero-order valence-electron chi connectivity index (χ0n) is 22.6. The second-order valence-corrected chi connectivity index (χ2v) is 11.7. The molecule has 0 aliphatic heterocycles. The van der Waals surface area contributed by atoms with E-state index in [1.165, 1.54) is 6.33 Å². The van der Waals surface area contributed by atoms with Crippen molar-refractivity contribution in [2.24, 2.45) is 7.05 Å². The Labute approximate surface area is 233 Å². The average molecular weight is 561 g/mol. The number of aromatic nitrogens is 3. The Balaban J connectivity index is 1.55. The summed E-state index contributed by atoms with van der Waals surface area (Å²) in [6.45, 7) is 5.32. The number of nitrogens with two attached hydrogens (primary N) is 1. The van der Waals surface area contributed by atoms with Crippen molar-refractivity contribution in [3.63, 3.8) is 0 Å². The number of nitrogen functional groups attached to an aromatic ring is 1. The van der Waals surface area contributed by atoms with Gasteiger partial charge in [-0.3, -0.25) is 4.79 Å². The van der Waals surface area contributed by atoms with Crippen molar-refractivity contribution in [1.29, 1.82) is 0 Å². The van der Waals surface area contributed by atoms with Gasteiger partial charge >= 0.3 is 0 Å². The first-order valence-electron chi connectivity index (χ1n) is 12.9. The molecule has 1 amide bonds. The predicted octanol–water partition coefficient (Wildman–Crippen LogP) is 4.24. The molecule has 4 N–H and O–H groups in total. The van der Waals surface area contributed by atoms with Gasteiger partial charge in [-0.15, -0.1) is 0 Å². The summed E-state index contributed by atoms with van der Waals surface area (Å²) >= 11 is 0. The first-order valence-corrected chi connectivity index (χ1v) is 14.4. The van der Waals surface area contributed by atoms with E-state index in [2.05, 4.69) is 26.6 Å². The fourth-order valence-corrected chi connectivity index (χ4v) is 6.55. The number of hydrogen-bond acceptors (Lipinski definition) is 7. The van der Waals surface area contributed by atoms with Crippen LogP contribution >= 0.6 is 0 Å². The number of ether oxygens (including phenoxy) is 1. The van der Waals surface area contributed by atoms with E-state index in [4.69, 9.17) is 10.5 Å². The van der Waals surface area contributed by atoms with E-state index in [0.717, 1.165) is 41.6 Å². The van der Waals surface area contributed by atoms with Gasteiger partial charge in [0, 0.05) is 37.0 Å². The molecule has 5 rings (SSSR count). The number of carbonyl (C=O) groups excluding carboxylic acids is 1. The van der Waals surface area contributed by atoms with Gasteiger partial charge in [0.15, 0.2) is 0 Å². The largest absolute Gasteiger partial charge is 0.383 e. The molecule has 0 radical (unpaired) electrons. The normalized spacial score (nSPS) is 17.3. The van der Waals surface area contributed by atoms with Gasteiger partial charge < -0.3 is 20.4 Å². The van der Waals surface area contributed by atoms with Crippen LogP contribution in [0.5, 0.6) is 0 Å². The molecule has 2 atom stereocenters. The first-order chi connectivity index (χ1) is 19.1. The summed E-state index contributed by atoms with van der Waals surface area (Å²) in [4.78, 5) is 20.9. The highest BCUT2D eigenvalue weighted by Crippen LogP contribution is 2.42. The van der Waals surface area contributed by atoms with Crippen LogP contribution in [0.1, 0.15) is 26.2 Å². The molecule has 2 aromatic heterocycles. The van der Waals surface area contributed by atoms with Crippen LogP contribution in [-0.4, -0.2) is 48.1 Å². The van der Waals surface area contributed by atoms with Gasteiger partial charge in [0.1, 0.15) is 17.8 Å². The fraction of sp³-hybridized carbons (Fsp3) is 0.276. The number of carbonyl (C=O) groups is 1. The minimum Gasteiger partial charge on any atom is -0.383 e. The van der Waals surface area contributed by atoms with Crippen LogP contribution in [0.4, 0.5) is 11.5 Å². The number of nitrogens with one attached hydrogen (secondary N) is 2. The lowest BCUT2D eigenvalue weighted by atomic mass is 9.98. The molecule has 2 unspecified atom stereocenters.